The molecule has 0 spiro atoms. The van der Waals surface area contributed by atoms with E-state index in [-0.39, 0.29) is 10.6 Å². The molecule has 1 aromatic heterocycles. The third kappa shape index (κ3) is 3.27. The van der Waals surface area contributed by atoms with Gasteiger partial charge in [0.15, 0.2) is 0 Å². The lowest BCUT2D eigenvalue weighted by molar-refractivity contribution is 0.0697. The van der Waals surface area contributed by atoms with Crippen molar-refractivity contribution in [1.82, 2.24) is 4.98 Å². The Morgan fingerprint density at radius 1 is 1.30 bits per heavy atom. The molecule has 104 valence electrons. The van der Waals surface area contributed by atoms with Crippen molar-refractivity contribution in [3.8, 4) is 0 Å². The fourth-order valence-corrected chi connectivity index (χ4v) is 2.22. The van der Waals surface area contributed by atoms with Gasteiger partial charge in [-0.3, -0.25) is 4.98 Å². The number of anilines is 1. The standard InChI is InChI=1S/C15H15ClN2O2/c1-2-18(10-11-5-7-17-8-6-11)12-3-4-13(15(19)20)14(16)9-12/h3-9H,2,10H2,1H3,(H,19,20). The van der Waals surface area contributed by atoms with Crippen LogP contribution >= 0.6 is 11.6 Å². The molecular weight excluding hydrogens is 276 g/mol. The summed E-state index contributed by atoms with van der Waals surface area (Å²) < 4.78 is 0. The Labute approximate surface area is 122 Å². The van der Waals surface area contributed by atoms with Gasteiger partial charge in [-0.25, -0.2) is 4.79 Å². The fourth-order valence-electron chi connectivity index (χ4n) is 1.97. The van der Waals surface area contributed by atoms with Crippen molar-refractivity contribution >= 4 is 23.3 Å². The third-order valence-electron chi connectivity index (χ3n) is 3.05. The topological polar surface area (TPSA) is 53.4 Å². The molecule has 2 rings (SSSR count). The number of rotatable bonds is 5. The molecule has 0 radical (unpaired) electrons. The zero-order valence-electron chi connectivity index (χ0n) is 11.1. The molecule has 20 heavy (non-hydrogen) atoms. The monoisotopic (exact) mass is 290 g/mol. The minimum Gasteiger partial charge on any atom is -0.478 e. The van der Waals surface area contributed by atoms with Crippen LogP contribution in [0, 0.1) is 0 Å². The molecule has 0 amide bonds. The Balaban J connectivity index is 2.24. The van der Waals surface area contributed by atoms with Gasteiger partial charge in [0.2, 0.25) is 0 Å². The summed E-state index contributed by atoms with van der Waals surface area (Å²) >= 11 is 6.01. The number of hydrogen-bond donors (Lipinski definition) is 1. The summed E-state index contributed by atoms with van der Waals surface area (Å²) in [6.07, 6.45) is 3.51. The average Bonchev–Trinajstić information content (AvgIpc) is 2.45. The van der Waals surface area contributed by atoms with Crippen LogP contribution in [0.1, 0.15) is 22.8 Å². The highest BCUT2D eigenvalue weighted by Gasteiger charge is 2.12. The number of pyridine rings is 1. The Kier molecular flexibility index (Phi) is 4.58. The van der Waals surface area contributed by atoms with Gasteiger partial charge in [-0.1, -0.05) is 11.6 Å². The van der Waals surface area contributed by atoms with Crippen molar-refractivity contribution in [2.45, 2.75) is 13.5 Å². The molecule has 0 saturated carbocycles. The lowest BCUT2D eigenvalue weighted by Gasteiger charge is -2.23. The number of hydrogen-bond acceptors (Lipinski definition) is 3. The quantitative estimate of drug-likeness (QED) is 0.916. The second-order valence-corrected chi connectivity index (χ2v) is 4.75. The van der Waals surface area contributed by atoms with Crippen LogP contribution in [0.5, 0.6) is 0 Å². The minimum atomic E-state index is -1.02. The molecule has 1 N–H and O–H groups in total. The maximum absolute atomic E-state index is 11.0. The number of halogens is 1. The first kappa shape index (κ1) is 14.3. The van der Waals surface area contributed by atoms with E-state index in [1.54, 1.807) is 24.5 Å². The predicted molar refractivity (Wildman–Crippen MR) is 79.4 cm³/mol. The average molecular weight is 291 g/mol. The highest BCUT2D eigenvalue weighted by Crippen LogP contribution is 2.25. The van der Waals surface area contributed by atoms with Crippen molar-refractivity contribution in [2.24, 2.45) is 0 Å². The second kappa shape index (κ2) is 6.39. The van der Waals surface area contributed by atoms with Gasteiger partial charge in [-0.05, 0) is 42.8 Å². The Morgan fingerprint density at radius 3 is 2.55 bits per heavy atom. The van der Waals surface area contributed by atoms with E-state index < -0.39 is 5.97 Å². The molecule has 0 fully saturated rings. The Bertz CT molecular complexity index is 602. The summed E-state index contributed by atoms with van der Waals surface area (Å²) in [5.41, 5.74) is 2.16. The smallest absolute Gasteiger partial charge is 0.337 e. The molecule has 0 saturated heterocycles. The molecule has 5 heteroatoms. The van der Waals surface area contributed by atoms with Crippen LogP contribution < -0.4 is 4.90 Å². The number of carboxylic acids is 1. The lowest BCUT2D eigenvalue weighted by Crippen LogP contribution is -2.22. The molecule has 0 unspecified atom stereocenters. The Hall–Kier alpha value is -2.07. The second-order valence-electron chi connectivity index (χ2n) is 4.34. The molecule has 1 aromatic carbocycles. The van der Waals surface area contributed by atoms with Gasteiger partial charge in [0.25, 0.3) is 0 Å². The molecule has 0 aliphatic carbocycles. The van der Waals surface area contributed by atoms with Gasteiger partial charge in [0.05, 0.1) is 10.6 Å². The van der Waals surface area contributed by atoms with Crippen molar-refractivity contribution in [2.75, 3.05) is 11.4 Å². The van der Waals surface area contributed by atoms with Gasteiger partial charge in [-0.2, -0.15) is 0 Å². The Morgan fingerprint density at radius 2 is 2.00 bits per heavy atom. The van der Waals surface area contributed by atoms with Crippen molar-refractivity contribution in [3.05, 3.63) is 58.9 Å². The van der Waals surface area contributed by atoms with E-state index in [4.69, 9.17) is 16.7 Å². The van der Waals surface area contributed by atoms with Crippen molar-refractivity contribution in [1.29, 1.82) is 0 Å². The molecule has 2 aromatic rings. The van der Waals surface area contributed by atoms with E-state index in [1.807, 2.05) is 19.1 Å². The molecule has 0 aliphatic rings. The number of carboxylic acid groups (broad SMARTS) is 1. The summed E-state index contributed by atoms with van der Waals surface area (Å²) in [5, 5.41) is 9.24. The van der Waals surface area contributed by atoms with Crippen LogP contribution in [0.4, 0.5) is 5.69 Å². The SMILES string of the molecule is CCN(Cc1ccncc1)c1ccc(C(=O)O)c(Cl)c1. The van der Waals surface area contributed by atoms with Gasteiger partial charge >= 0.3 is 5.97 Å². The van der Waals surface area contributed by atoms with Gasteiger partial charge in [-0.15, -0.1) is 0 Å². The summed E-state index contributed by atoms with van der Waals surface area (Å²) in [6, 6.07) is 8.91. The van der Waals surface area contributed by atoms with Gasteiger partial charge < -0.3 is 10.0 Å². The zero-order valence-corrected chi connectivity index (χ0v) is 11.8. The zero-order chi connectivity index (χ0) is 14.5. The maximum Gasteiger partial charge on any atom is 0.337 e. The van der Waals surface area contributed by atoms with Crippen LogP contribution in [0.2, 0.25) is 5.02 Å². The molecule has 0 aliphatic heterocycles. The van der Waals surface area contributed by atoms with Gasteiger partial charge in [0, 0.05) is 31.2 Å². The van der Waals surface area contributed by atoms with Gasteiger partial charge in [0.1, 0.15) is 0 Å². The largest absolute Gasteiger partial charge is 0.478 e. The molecule has 4 nitrogen and oxygen atoms in total. The molecule has 1 heterocycles. The van der Waals surface area contributed by atoms with E-state index in [9.17, 15) is 4.79 Å². The first-order valence-electron chi connectivity index (χ1n) is 6.28. The molecular formula is C15H15ClN2O2. The first-order chi connectivity index (χ1) is 9.61. The lowest BCUT2D eigenvalue weighted by atomic mass is 10.1. The third-order valence-corrected chi connectivity index (χ3v) is 3.37. The van der Waals surface area contributed by atoms with E-state index in [1.165, 1.54) is 6.07 Å². The normalized spacial score (nSPS) is 10.3. The number of aromatic carboxylic acids is 1. The summed E-state index contributed by atoms with van der Waals surface area (Å²) in [5.74, 6) is -1.02. The number of aromatic nitrogens is 1. The van der Waals surface area contributed by atoms with Crippen molar-refractivity contribution in [3.63, 3.8) is 0 Å². The highest BCUT2D eigenvalue weighted by molar-refractivity contribution is 6.33. The molecule has 0 atom stereocenters. The first-order valence-corrected chi connectivity index (χ1v) is 6.66. The summed E-state index contributed by atoms with van der Waals surface area (Å²) in [7, 11) is 0. The van der Waals surface area contributed by atoms with Crippen LogP contribution in [-0.2, 0) is 6.54 Å². The number of carbonyl (C=O) groups is 1. The van der Waals surface area contributed by atoms with Crippen LogP contribution in [0.3, 0.4) is 0 Å². The highest BCUT2D eigenvalue weighted by atomic mass is 35.5. The minimum absolute atomic E-state index is 0.121. The molecule has 0 bridgehead atoms. The van der Waals surface area contributed by atoms with E-state index in [0.717, 1.165) is 24.3 Å². The summed E-state index contributed by atoms with van der Waals surface area (Å²) in [4.78, 5) is 17.1. The van der Waals surface area contributed by atoms with E-state index in [2.05, 4.69) is 9.88 Å². The summed E-state index contributed by atoms with van der Waals surface area (Å²) in [6.45, 7) is 3.56. The van der Waals surface area contributed by atoms with Crippen molar-refractivity contribution < 1.29 is 9.90 Å². The maximum atomic E-state index is 11.0. The fraction of sp³-hybridized carbons (Fsp3) is 0.200. The van der Waals surface area contributed by atoms with Crippen LogP contribution in [-0.4, -0.2) is 22.6 Å². The predicted octanol–water partition coefficient (Wildman–Crippen LogP) is 3.46. The van der Waals surface area contributed by atoms with Crippen LogP contribution in [0.25, 0.3) is 0 Å². The number of benzene rings is 1. The van der Waals surface area contributed by atoms with E-state index in [0.29, 0.717) is 0 Å². The van der Waals surface area contributed by atoms with E-state index >= 15 is 0 Å². The number of nitrogens with zero attached hydrogens (tertiary/aromatic N) is 2. The van der Waals surface area contributed by atoms with Crippen LogP contribution in [0.15, 0.2) is 42.7 Å².